The van der Waals surface area contributed by atoms with Gasteiger partial charge in [-0.2, -0.15) is 0 Å². The summed E-state index contributed by atoms with van der Waals surface area (Å²) in [5.74, 6) is 1.71. The molecule has 2 heterocycles. The minimum atomic E-state index is 0.830. The Hall–Kier alpha value is -3.40. The van der Waals surface area contributed by atoms with E-state index in [1.807, 2.05) is 60.7 Å². The van der Waals surface area contributed by atoms with Gasteiger partial charge in [-0.25, -0.2) is 9.97 Å². The molecule has 0 atom stereocenters. The van der Waals surface area contributed by atoms with Crippen LogP contribution < -0.4 is 4.74 Å². The Morgan fingerprint density at radius 1 is 0.760 bits per heavy atom. The van der Waals surface area contributed by atoms with Gasteiger partial charge in [0.2, 0.25) is 0 Å². The SMILES string of the molecule is COc1ccc(-c2nc3ccccc3c3nc4ccccc4n23)cc1. The molecule has 0 saturated carbocycles. The third-order valence-corrected chi connectivity index (χ3v) is 4.49. The van der Waals surface area contributed by atoms with E-state index in [2.05, 4.69) is 16.5 Å². The van der Waals surface area contributed by atoms with Gasteiger partial charge in [0.25, 0.3) is 0 Å². The molecule has 25 heavy (non-hydrogen) atoms. The second-order valence-corrected chi connectivity index (χ2v) is 5.94. The Bertz CT molecular complexity index is 1220. The van der Waals surface area contributed by atoms with E-state index in [-0.39, 0.29) is 0 Å². The Balaban J connectivity index is 1.95. The van der Waals surface area contributed by atoms with Crippen molar-refractivity contribution in [2.24, 2.45) is 0 Å². The van der Waals surface area contributed by atoms with Gasteiger partial charge in [0.1, 0.15) is 17.2 Å². The number of ether oxygens (including phenoxy) is 1. The molecule has 0 amide bonds. The van der Waals surface area contributed by atoms with Gasteiger partial charge >= 0.3 is 0 Å². The summed E-state index contributed by atoms with van der Waals surface area (Å²) in [6.45, 7) is 0. The molecule has 0 aliphatic heterocycles. The van der Waals surface area contributed by atoms with Crippen molar-refractivity contribution in [1.82, 2.24) is 14.4 Å². The molecule has 0 unspecified atom stereocenters. The van der Waals surface area contributed by atoms with E-state index < -0.39 is 0 Å². The van der Waals surface area contributed by atoms with Gasteiger partial charge in [-0.3, -0.25) is 4.40 Å². The van der Waals surface area contributed by atoms with Gasteiger partial charge in [0.05, 0.1) is 23.7 Å². The molecule has 0 saturated heterocycles. The summed E-state index contributed by atoms with van der Waals surface area (Å²) in [6, 6.07) is 24.3. The molecule has 0 aliphatic carbocycles. The number of hydrogen-bond acceptors (Lipinski definition) is 3. The largest absolute Gasteiger partial charge is 0.497 e. The molecule has 0 radical (unpaired) electrons. The number of para-hydroxylation sites is 3. The van der Waals surface area contributed by atoms with Crippen molar-refractivity contribution in [3.63, 3.8) is 0 Å². The third kappa shape index (κ3) is 2.08. The smallest absolute Gasteiger partial charge is 0.149 e. The zero-order valence-electron chi connectivity index (χ0n) is 13.7. The van der Waals surface area contributed by atoms with Crippen LogP contribution in [-0.2, 0) is 0 Å². The lowest BCUT2D eigenvalue weighted by atomic mass is 10.1. The van der Waals surface area contributed by atoms with Crippen LogP contribution in [0.3, 0.4) is 0 Å². The van der Waals surface area contributed by atoms with Crippen LogP contribution in [0, 0.1) is 0 Å². The number of fused-ring (bicyclic) bond motifs is 5. The third-order valence-electron chi connectivity index (χ3n) is 4.49. The summed E-state index contributed by atoms with van der Waals surface area (Å²) in [6.07, 6.45) is 0. The monoisotopic (exact) mass is 325 g/mol. The first-order chi connectivity index (χ1) is 12.3. The Morgan fingerprint density at radius 3 is 2.28 bits per heavy atom. The zero-order valence-corrected chi connectivity index (χ0v) is 13.7. The average Bonchev–Trinajstić information content (AvgIpc) is 3.07. The number of imidazole rings is 1. The summed E-state index contributed by atoms with van der Waals surface area (Å²) in [7, 11) is 1.67. The van der Waals surface area contributed by atoms with Gasteiger partial charge in [-0.05, 0) is 48.5 Å². The average molecular weight is 325 g/mol. The minimum absolute atomic E-state index is 0.830. The van der Waals surface area contributed by atoms with Crippen molar-refractivity contribution in [3.05, 3.63) is 72.8 Å². The number of aromatic nitrogens is 3. The van der Waals surface area contributed by atoms with Crippen LogP contribution in [0.15, 0.2) is 72.8 Å². The van der Waals surface area contributed by atoms with E-state index in [1.54, 1.807) is 7.11 Å². The Morgan fingerprint density at radius 2 is 1.48 bits per heavy atom. The minimum Gasteiger partial charge on any atom is -0.497 e. The second-order valence-electron chi connectivity index (χ2n) is 5.94. The highest BCUT2D eigenvalue weighted by atomic mass is 16.5. The van der Waals surface area contributed by atoms with Crippen LogP contribution in [0.2, 0.25) is 0 Å². The Labute approximate surface area is 144 Å². The molecule has 0 aliphatic rings. The molecule has 5 aromatic rings. The van der Waals surface area contributed by atoms with Crippen LogP contribution in [-0.4, -0.2) is 21.5 Å². The van der Waals surface area contributed by atoms with Gasteiger partial charge in [0.15, 0.2) is 0 Å². The number of hydrogen-bond donors (Lipinski definition) is 0. The molecule has 0 bridgehead atoms. The van der Waals surface area contributed by atoms with Crippen molar-refractivity contribution in [2.75, 3.05) is 7.11 Å². The lowest BCUT2D eigenvalue weighted by molar-refractivity contribution is 0.415. The van der Waals surface area contributed by atoms with Crippen LogP contribution in [0.25, 0.3) is 39.0 Å². The fraction of sp³-hybridized carbons (Fsp3) is 0.0476. The van der Waals surface area contributed by atoms with Gasteiger partial charge in [-0.15, -0.1) is 0 Å². The number of nitrogens with zero attached hydrogens (tertiary/aromatic N) is 3. The molecule has 3 aromatic carbocycles. The van der Waals surface area contributed by atoms with Crippen molar-refractivity contribution in [2.45, 2.75) is 0 Å². The van der Waals surface area contributed by atoms with Crippen molar-refractivity contribution >= 4 is 27.6 Å². The van der Waals surface area contributed by atoms with E-state index in [4.69, 9.17) is 14.7 Å². The normalized spacial score (nSPS) is 11.4. The van der Waals surface area contributed by atoms with Gasteiger partial charge in [-0.1, -0.05) is 24.3 Å². The first-order valence-electron chi connectivity index (χ1n) is 8.15. The maximum atomic E-state index is 5.28. The van der Waals surface area contributed by atoms with Gasteiger partial charge < -0.3 is 4.74 Å². The highest BCUT2D eigenvalue weighted by molar-refractivity contribution is 5.98. The van der Waals surface area contributed by atoms with Crippen LogP contribution in [0.4, 0.5) is 0 Å². The fourth-order valence-corrected chi connectivity index (χ4v) is 3.28. The molecule has 4 nitrogen and oxygen atoms in total. The highest BCUT2D eigenvalue weighted by Gasteiger charge is 2.14. The summed E-state index contributed by atoms with van der Waals surface area (Å²) >= 11 is 0. The van der Waals surface area contributed by atoms with Crippen molar-refractivity contribution < 1.29 is 4.74 Å². The zero-order chi connectivity index (χ0) is 16.8. The van der Waals surface area contributed by atoms with E-state index in [0.29, 0.717) is 0 Å². The second kappa shape index (κ2) is 5.31. The predicted octanol–water partition coefficient (Wildman–Crippen LogP) is 4.71. The fourth-order valence-electron chi connectivity index (χ4n) is 3.28. The van der Waals surface area contributed by atoms with E-state index in [0.717, 1.165) is 44.7 Å². The molecule has 4 heteroatoms. The summed E-state index contributed by atoms with van der Waals surface area (Å²) in [5, 5.41) is 1.05. The van der Waals surface area contributed by atoms with E-state index in [9.17, 15) is 0 Å². The van der Waals surface area contributed by atoms with E-state index >= 15 is 0 Å². The van der Waals surface area contributed by atoms with E-state index in [1.165, 1.54) is 0 Å². The first-order valence-corrected chi connectivity index (χ1v) is 8.15. The van der Waals surface area contributed by atoms with Crippen LogP contribution >= 0.6 is 0 Å². The number of methoxy groups -OCH3 is 1. The number of benzene rings is 3. The van der Waals surface area contributed by atoms with Crippen molar-refractivity contribution in [1.29, 1.82) is 0 Å². The first kappa shape index (κ1) is 14.0. The topological polar surface area (TPSA) is 39.4 Å². The molecular weight excluding hydrogens is 310 g/mol. The molecule has 2 aromatic heterocycles. The maximum Gasteiger partial charge on any atom is 0.149 e. The molecule has 0 fully saturated rings. The molecule has 5 rings (SSSR count). The summed E-state index contributed by atoms with van der Waals surface area (Å²) in [5.41, 5.74) is 4.92. The summed E-state index contributed by atoms with van der Waals surface area (Å²) in [4.78, 5) is 9.80. The Kier molecular flexibility index (Phi) is 2.97. The lowest BCUT2D eigenvalue weighted by Gasteiger charge is -2.09. The lowest BCUT2D eigenvalue weighted by Crippen LogP contribution is -1.98. The molecule has 0 N–H and O–H groups in total. The maximum absolute atomic E-state index is 5.28. The molecule has 120 valence electrons. The number of rotatable bonds is 2. The quantitative estimate of drug-likeness (QED) is 0.472. The summed E-state index contributed by atoms with van der Waals surface area (Å²) < 4.78 is 7.42. The van der Waals surface area contributed by atoms with Crippen LogP contribution in [0.5, 0.6) is 5.75 Å². The standard InChI is InChI=1S/C21H15N3O/c1-25-15-12-10-14(11-13-15)20-22-17-7-3-2-6-16(17)21-23-18-8-4-5-9-19(18)24(20)21/h2-13H,1H3. The predicted molar refractivity (Wildman–Crippen MR) is 100.0 cm³/mol. The molecule has 0 spiro atoms. The highest BCUT2D eigenvalue weighted by Crippen LogP contribution is 2.30. The van der Waals surface area contributed by atoms with Crippen LogP contribution in [0.1, 0.15) is 0 Å². The molecular formula is C21H15N3O. The van der Waals surface area contributed by atoms with Gasteiger partial charge in [0, 0.05) is 10.9 Å². The van der Waals surface area contributed by atoms with Crippen molar-refractivity contribution in [3.8, 4) is 17.1 Å².